The molecule has 0 aromatic rings. The molecule has 4 aliphatic rings. The van der Waals surface area contributed by atoms with E-state index < -0.39 is 5.60 Å². The van der Waals surface area contributed by atoms with Crippen LogP contribution in [0.2, 0.25) is 0 Å². The summed E-state index contributed by atoms with van der Waals surface area (Å²) in [4.78, 5) is 0. The molecule has 2 heteroatoms. The molecule has 28 heavy (non-hydrogen) atoms. The van der Waals surface area contributed by atoms with Gasteiger partial charge in [-0.25, -0.2) is 0 Å². The molecule has 0 spiro atoms. The van der Waals surface area contributed by atoms with Crippen molar-refractivity contribution in [3.8, 4) is 0 Å². The Bertz CT molecular complexity index is 577. The number of hydrogen-bond donors (Lipinski definition) is 2. The molecule has 4 aliphatic carbocycles. The molecule has 0 radical (unpaired) electrons. The molecule has 0 aliphatic heterocycles. The summed E-state index contributed by atoms with van der Waals surface area (Å²) in [5.41, 5.74) is 0.0116. The maximum absolute atomic E-state index is 10.2. The second-order valence-corrected chi connectivity index (χ2v) is 11.9. The average Bonchev–Trinajstić information content (AvgIpc) is 3.02. The second-order valence-electron chi connectivity index (χ2n) is 11.9. The summed E-state index contributed by atoms with van der Waals surface area (Å²) in [6, 6.07) is 0.740. The third kappa shape index (κ3) is 3.73. The van der Waals surface area contributed by atoms with Crippen LogP contribution in [0.1, 0.15) is 85.5 Å². The maximum Gasteiger partial charge on any atom is 0.0591 e. The minimum Gasteiger partial charge on any atom is -0.390 e. The topological polar surface area (TPSA) is 32.3 Å². The van der Waals surface area contributed by atoms with Crippen LogP contribution in [0.4, 0.5) is 0 Å². The normalized spacial score (nSPS) is 46.6. The Balaban J connectivity index is 1.47. The molecular formula is C26H45NO. The Kier molecular flexibility index (Phi) is 5.77. The van der Waals surface area contributed by atoms with E-state index in [0.717, 1.165) is 53.9 Å². The monoisotopic (exact) mass is 387 g/mol. The van der Waals surface area contributed by atoms with Gasteiger partial charge in [-0.2, -0.15) is 0 Å². The minimum atomic E-state index is -0.516. The van der Waals surface area contributed by atoms with Gasteiger partial charge in [0.1, 0.15) is 0 Å². The Morgan fingerprint density at radius 2 is 1.89 bits per heavy atom. The van der Waals surface area contributed by atoms with Gasteiger partial charge in [-0.05, 0) is 126 Å². The number of rotatable bonds is 5. The second kappa shape index (κ2) is 7.73. The molecule has 4 rings (SSSR count). The van der Waals surface area contributed by atoms with Crippen molar-refractivity contribution in [2.75, 3.05) is 7.05 Å². The Morgan fingerprint density at radius 3 is 2.61 bits per heavy atom. The van der Waals surface area contributed by atoms with Crippen LogP contribution in [-0.4, -0.2) is 23.8 Å². The van der Waals surface area contributed by atoms with E-state index in [9.17, 15) is 5.11 Å². The summed E-state index contributed by atoms with van der Waals surface area (Å²) in [6.45, 7) is 9.05. The lowest BCUT2D eigenvalue weighted by Crippen LogP contribution is -2.48. The summed E-state index contributed by atoms with van der Waals surface area (Å²) >= 11 is 0. The van der Waals surface area contributed by atoms with E-state index in [1.807, 2.05) is 13.8 Å². The summed E-state index contributed by atoms with van der Waals surface area (Å²) in [5, 5.41) is 13.7. The van der Waals surface area contributed by atoms with Gasteiger partial charge in [-0.3, -0.25) is 0 Å². The lowest BCUT2D eigenvalue weighted by atomic mass is 9.50. The van der Waals surface area contributed by atoms with Crippen molar-refractivity contribution in [1.29, 1.82) is 0 Å². The van der Waals surface area contributed by atoms with Gasteiger partial charge in [0.2, 0.25) is 0 Å². The summed E-state index contributed by atoms with van der Waals surface area (Å²) in [7, 11) is 2.14. The lowest BCUT2D eigenvalue weighted by molar-refractivity contribution is -0.0280. The average molecular weight is 388 g/mol. The number of aliphatic hydroxyl groups is 1. The van der Waals surface area contributed by atoms with Crippen molar-refractivity contribution in [3.05, 3.63) is 12.2 Å². The quantitative estimate of drug-likeness (QED) is 0.584. The fraction of sp³-hybridized carbons (Fsp3) is 0.923. The van der Waals surface area contributed by atoms with Crippen LogP contribution >= 0.6 is 0 Å². The van der Waals surface area contributed by atoms with Gasteiger partial charge in [0.15, 0.2) is 0 Å². The number of nitrogens with one attached hydrogen (secondary N) is 1. The molecule has 0 amide bonds. The first-order valence-corrected chi connectivity index (χ1v) is 12.3. The van der Waals surface area contributed by atoms with Crippen molar-refractivity contribution >= 4 is 0 Å². The van der Waals surface area contributed by atoms with E-state index in [4.69, 9.17) is 0 Å². The van der Waals surface area contributed by atoms with Gasteiger partial charge in [-0.15, -0.1) is 0 Å². The Labute approximate surface area is 173 Å². The third-order valence-electron chi connectivity index (χ3n) is 9.85. The van der Waals surface area contributed by atoms with Crippen LogP contribution in [-0.2, 0) is 0 Å². The summed E-state index contributed by atoms with van der Waals surface area (Å²) < 4.78 is 0. The molecule has 0 saturated heterocycles. The molecule has 3 saturated carbocycles. The predicted octanol–water partition coefficient (Wildman–Crippen LogP) is 5.81. The van der Waals surface area contributed by atoms with E-state index in [-0.39, 0.29) is 0 Å². The van der Waals surface area contributed by atoms with Crippen molar-refractivity contribution in [1.82, 2.24) is 5.32 Å². The van der Waals surface area contributed by atoms with Crippen molar-refractivity contribution in [3.63, 3.8) is 0 Å². The van der Waals surface area contributed by atoms with Gasteiger partial charge in [0, 0.05) is 6.04 Å². The van der Waals surface area contributed by atoms with E-state index in [1.54, 1.807) is 0 Å². The number of fused-ring (bicyclic) bond motifs is 5. The van der Waals surface area contributed by atoms with Crippen LogP contribution in [0.25, 0.3) is 0 Å². The molecule has 2 N–H and O–H groups in total. The van der Waals surface area contributed by atoms with Crippen LogP contribution in [0.15, 0.2) is 12.2 Å². The highest BCUT2D eigenvalue weighted by Gasteiger charge is 2.56. The third-order valence-corrected chi connectivity index (χ3v) is 9.85. The van der Waals surface area contributed by atoms with Crippen LogP contribution in [0.5, 0.6) is 0 Å². The van der Waals surface area contributed by atoms with Gasteiger partial charge in [0.05, 0.1) is 5.60 Å². The maximum atomic E-state index is 10.2. The molecule has 9 unspecified atom stereocenters. The number of allylic oxidation sites excluding steroid dienone is 2. The largest absolute Gasteiger partial charge is 0.390 e. The number of hydrogen-bond acceptors (Lipinski definition) is 2. The van der Waals surface area contributed by atoms with Crippen molar-refractivity contribution in [2.45, 2.75) is 97.1 Å². The van der Waals surface area contributed by atoms with Crippen LogP contribution < -0.4 is 5.32 Å². The lowest BCUT2D eigenvalue weighted by Gasteiger charge is -2.54. The molecule has 160 valence electrons. The van der Waals surface area contributed by atoms with Crippen molar-refractivity contribution < 1.29 is 5.11 Å². The van der Waals surface area contributed by atoms with Gasteiger partial charge < -0.3 is 10.4 Å². The van der Waals surface area contributed by atoms with Crippen molar-refractivity contribution in [2.24, 2.45) is 46.8 Å². The highest BCUT2D eigenvalue weighted by atomic mass is 16.3. The van der Waals surface area contributed by atoms with E-state index >= 15 is 0 Å². The van der Waals surface area contributed by atoms with Crippen LogP contribution in [0, 0.1) is 46.8 Å². The summed E-state index contributed by atoms with van der Waals surface area (Å²) in [5.74, 6) is 6.08. The van der Waals surface area contributed by atoms with E-state index in [0.29, 0.717) is 5.41 Å². The van der Waals surface area contributed by atoms with Gasteiger partial charge >= 0.3 is 0 Å². The molecule has 0 aromatic heterocycles. The molecule has 0 heterocycles. The van der Waals surface area contributed by atoms with Gasteiger partial charge in [-0.1, -0.05) is 26.0 Å². The molecule has 2 nitrogen and oxygen atoms in total. The molecule has 9 atom stereocenters. The highest BCUT2D eigenvalue weighted by molar-refractivity contribution is 5.15. The Morgan fingerprint density at radius 1 is 1.11 bits per heavy atom. The zero-order valence-corrected chi connectivity index (χ0v) is 19.1. The van der Waals surface area contributed by atoms with E-state index in [1.165, 1.54) is 51.4 Å². The fourth-order valence-electron chi connectivity index (χ4n) is 8.27. The van der Waals surface area contributed by atoms with Crippen LogP contribution in [0.3, 0.4) is 0 Å². The zero-order valence-electron chi connectivity index (χ0n) is 19.1. The zero-order chi connectivity index (χ0) is 20.1. The smallest absolute Gasteiger partial charge is 0.0591 e. The standard InChI is InChI=1S/C26H45NO/c1-17(12-14-25(2,3)28)23-10-11-24-22-8-6-18-16-19(27-5)7-9-20(18)21(22)13-15-26(23,24)4/h6,8,17-24,27-28H,7,9-16H2,1-5H3. The fourth-order valence-corrected chi connectivity index (χ4v) is 8.27. The molecular weight excluding hydrogens is 342 g/mol. The molecule has 3 fully saturated rings. The predicted molar refractivity (Wildman–Crippen MR) is 118 cm³/mol. The molecule has 0 aromatic carbocycles. The highest BCUT2D eigenvalue weighted by Crippen LogP contribution is 2.64. The van der Waals surface area contributed by atoms with Gasteiger partial charge in [0.25, 0.3) is 0 Å². The first-order valence-electron chi connectivity index (χ1n) is 12.3. The first kappa shape index (κ1) is 20.9. The minimum absolute atomic E-state index is 0.516. The molecule has 0 bridgehead atoms. The SMILES string of the molecule is CNC1CCC2C(C=CC3C2CCC2(C)C(C(C)CCC(C)(C)O)CCC32)C1. The first-order chi connectivity index (χ1) is 13.2. The summed E-state index contributed by atoms with van der Waals surface area (Å²) in [6.07, 6.45) is 17.4. The Hall–Kier alpha value is -0.340. The van der Waals surface area contributed by atoms with E-state index in [2.05, 4.69) is 38.4 Å².